The van der Waals surface area contributed by atoms with Gasteiger partial charge in [-0.15, -0.1) is 0 Å². The molecule has 1 heterocycles. The van der Waals surface area contributed by atoms with E-state index in [1.54, 1.807) is 4.90 Å². The summed E-state index contributed by atoms with van der Waals surface area (Å²) in [5.74, 6) is 0.0297. The first kappa shape index (κ1) is 13.4. The van der Waals surface area contributed by atoms with Crippen molar-refractivity contribution in [1.82, 2.24) is 4.90 Å². The van der Waals surface area contributed by atoms with Crippen LogP contribution < -0.4 is 5.73 Å². The van der Waals surface area contributed by atoms with Gasteiger partial charge in [0.2, 0.25) is 5.91 Å². The molecule has 2 unspecified atom stereocenters. The molecule has 0 bridgehead atoms. The molecule has 1 aliphatic heterocycles. The highest BCUT2D eigenvalue weighted by Crippen LogP contribution is 2.10. The first-order valence-corrected chi connectivity index (χ1v) is 5.88. The van der Waals surface area contributed by atoms with E-state index in [0.29, 0.717) is 26.2 Å². The van der Waals surface area contributed by atoms with Gasteiger partial charge >= 0.3 is 0 Å². The molecule has 16 heavy (non-hydrogen) atoms. The first-order chi connectivity index (χ1) is 7.67. The molecular formula is C11H22N2O3. The van der Waals surface area contributed by atoms with Crippen molar-refractivity contribution >= 4 is 5.91 Å². The van der Waals surface area contributed by atoms with Crippen molar-refractivity contribution < 1.29 is 14.3 Å². The molecule has 0 radical (unpaired) electrons. The average molecular weight is 230 g/mol. The summed E-state index contributed by atoms with van der Waals surface area (Å²) in [6.07, 6.45) is 0.939. The van der Waals surface area contributed by atoms with Crippen molar-refractivity contribution in [2.24, 2.45) is 5.73 Å². The summed E-state index contributed by atoms with van der Waals surface area (Å²) in [4.78, 5) is 13.6. The van der Waals surface area contributed by atoms with Gasteiger partial charge in [0.15, 0.2) is 0 Å². The lowest BCUT2D eigenvalue weighted by molar-refractivity contribution is -0.148. The van der Waals surface area contributed by atoms with E-state index in [9.17, 15) is 4.79 Å². The summed E-state index contributed by atoms with van der Waals surface area (Å²) in [7, 11) is 0. The van der Waals surface area contributed by atoms with Gasteiger partial charge in [0.25, 0.3) is 0 Å². The lowest BCUT2D eigenvalue weighted by atomic mass is 10.2. The number of hydrogen-bond acceptors (Lipinski definition) is 4. The maximum atomic E-state index is 11.8. The molecule has 1 fully saturated rings. The molecule has 94 valence electrons. The number of hydrogen-bond donors (Lipinski definition) is 1. The minimum absolute atomic E-state index is 0.0297. The number of carbonyl (C=O) groups is 1. The fourth-order valence-corrected chi connectivity index (χ4v) is 1.77. The van der Waals surface area contributed by atoms with Crippen LogP contribution in [0.5, 0.6) is 0 Å². The number of carbonyl (C=O) groups excluding carboxylic acids is 1. The summed E-state index contributed by atoms with van der Waals surface area (Å²) in [5.41, 5.74) is 5.56. The maximum absolute atomic E-state index is 11.8. The largest absolute Gasteiger partial charge is 0.372 e. The van der Waals surface area contributed by atoms with Gasteiger partial charge in [-0.05, 0) is 13.3 Å². The van der Waals surface area contributed by atoms with E-state index in [-0.39, 0.29) is 24.7 Å². The first-order valence-electron chi connectivity index (χ1n) is 5.88. The fraction of sp³-hybridized carbons (Fsp3) is 0.909. The molecular weight excluding hydrogens is 208 g/mol. The molecule has 0 saturated carbocycles. The molecule has 5 heteroatoms. The standard InChI is InChI=1S/C11H22N2O3/c1-3-4-15-8-11(14)13-6-9(2)16-10(5-12)7-13/h9-10H,3-8,12H2,1-2H3. The SMILES string of the molecule is CCCOCC(=O)N1CC(C)OC(CN)C1. The van der Waals surface area contributed by atoms with E-state index in [1.807, 2.05) is 13.8 Å². The summed E-state index contributed by atoms with van der Waals surface area (Å²) in [6, 6.07) is 0. The average Bonchev–Trinajstić information content (AvgIpc) is 2.28. The van der Waals surface area contributed by atoms with Gasteiger partial charge in [0.05, 0.1) is 12.2 Å². The van der Waals surface area contributed by atoms with Gasteiger partial charge in [-0.25, -0.2) is 0 Å². The van der Waals surface area contributed by atoms with E-state index in [4.69, 9.17) is 15.2 Å². The van der Waals surface area contributed by atoms with Crippen molar-refractivity contribution in [3.8, 4) is 0 Å². The Hall–Kier alpha value is -0.650. The van der Waals surface area contributed by atoms with Crippen LogP contribution >= 0.6 is 0 Å². The molecule has 2 atom stereocenters. The van der Waals surface area contributed by atoms with Crippen LogP contribution in [0.2, 0.25) is 0 Å². The van der Waals surface area contributed by atoms with Gasteiger partial charge in [-0.1, -0.05) is 6.92 Å². The Morgan fingerprint density at radius 1 is 1.56 bits per heavy atom. The molecule has 0 aromatic carbocycles. The Kier molecular flexibility index (Phi) is 5.73. The minimum Gasteiger partial charge on any atom is -0.372 e. The number of amides is 1. The van der Waals surface area contributed by atoms with E-state index < -0.39 is 0 Å². The summed E-state index contributed by atoms with van der Waals surface area (Å²) in [5, 5.41) is 0. The third-order valence-corrected chi connectivity index (χ3v) is 2.52. The predicted octanol–water partition coefficient (Wildman–Crippen LogP) is -0.0124. The zero-order valence-corrected chi connectivity index (χ0v) is 10.1. The van der Waals surface area contributed by atoms with Crippen LogP contribution in [0.4, 0.5) is 0 Å². The Labute approximate surface area is 96.9 Å². The Bertz CT molecular complexity index is 223. The molecule has 1 aliphatic rings. The fourth-order valence-electron chi connectivity index (χ4n) is 1.77. The third-order valence-electron chi connectivity index (χ3n) is 2.52. The zero-order chi connectivity index (χ0) is 12.0. The van der Waals surface area contributed by atoms with E-state index >= 15 is 0 Å². The molecule has 2 N–H and O–H groups in total. The summed E-state index contributed by atoms with van der Waals surface area (Å²) in [6.45, 7) is 6.43. The maximum Gasteiger partial charge on any atom is 0.248 e. The van der Waals surface area contributed by atoms with Crippen LogP contribution in [-0.2, 0) is 14.3 Å². The van der Waals surface area contributed by atoms with Crippen LogP contribution in [0.15, 0.2) is 0 Å². The topological polar surface area (TPSA) is 64.8 Å². The molecule has 1 amide bonds. The van der Waals surface area contributed by atoms with Gasteiger partial charge in [-0.3, -0.25) is 4.79 Å². The minimum atomic E-state index is -0.0427. The number of rotatable bonds is 5. The normalized spacial score (nSPS) is 25.8. The summed E-state index contributed by atoms with van der Waals surface area (Å²) < 4.78 is 10.8. The zero-order valence-electron chi connectivity index (χ0n) is 10.1. The predicted molar refractivity (Wildman–Crippen MR) is 61.1 cm³/mol. The number of ether oxygens (including phenoxy) is 2. The number of nitrogens with two attached hydrogens (primary N) is 1. The molecule has 0 aromatic heterocycles. The van der Waals surface area contributed by atoms with Crippen LogP contribution in [0.25, 0.3) is 0 Å². The quantitative estimate of drug-likeness (QED) is 0.675. The number of morpholine rings is 1. The molecule has 0 aromatic rings. The third kappa shape index (κ3) is 4.08. The van der Waals surface area contributed by atoms with Crippen LogP contribution in [0, 0.1) is 0 Å². The lowest BCUT2D eigenvalue weighted by Crippen LogP contribution is -2.52. The highest BCUT2D eigenvalue weighted by molar-refractivity contribution is 5.77. The molecule has 0 spiro atoms. The van der Waals surface area contributed by atoms with Crippen molar-refractivity contribution in [2.75, 3.05) is 32.8 Å². The van der Waals surface area contributed by atoms with E-state index in [0.717, 1.165) is 6.42 Å². The Balaban J connectivity index is 2.36. The van der Waals surface area contributed by atoms with Crippen LogP contribution in [0.1, 0.15) is 20.3 Å². The molecule has 1 saturated heterocycles. The lowest BCUT2D eigenvalue weighted by Gasteiger charge is -2.36. The van der Waals surface area contributed by atoms with Crippen LogP contribution in [-0.4, -0.2) is 55.9 Å². The van der Waals surface area contributed by atoms with Crippen LogP contribution in [0.3, 0.4) is 0 Å². The van der Waals surface area contributed by atoms with Gasteiger partial charge < -0.3 is 20.1 Å². The molecule has 1 rings (SSSR count). The van der Waals surface area contributed by atoms with Gasteiger partial charge in [0.1, 0.15) is 6.61 Å². The highest BCUT2D eigenvalue weighted by Gasteiger charge is 2.27. The van der Waals surface area contributed by atoms with Crippen molar-refractivity contribution in [1.29, 1.82) is 0 Å². The van der Waals surface area contributed by atoms with E-state index in [1.165, 1.54) is 0 Å². The second-order valence-electron chi connectivity index (χ2n) is 4.16. The molecule has 0 aliphatic carbocycles. The Morgan fingerprint density at radius 3 is 2.94 bits per heavy atom. The Morgan fingerprint density at radius 2 is 2.31 bits per heavy atom. The van der Waals surface area contributed by atoms with E-state index in [2.05, 4.69) is 0 Å². The highest BCUT2D eigenvalue weighted by atomic mass is 16.5. The van der Waals surface area contributed by atoms with Crippen molar-refractivity contribution in [2.45, 2.75) is 32.5 Å². The second kappa shape index (κ2) is 6.83. The monoisotopic (exact) mass is 230 g/mol. The second-order valence-corrected chi connectivity index (χ2v) is 4.16. The van der Waals surface area contributed by atoms with Crippen molar-refractivity contribution in [3.63, 3.8) is 0 Å². The van der Waals surface area contributed by atoms with Gasteiger partial charge in [0, 0.05) is 26.2 Å². The number of nitrogens with zero attached hydrogens (tertiary/aromatic N) is 1. The smallest absolute Gasteiger partial charge is 0.248 e. The van der Waals surface area contributed by atoms with Crippen molar-refractivity contribution in [3.05, 3.63) is 0 Å². The van der Waals surface area contributed by atoms with Gasteiger partial charge in [-0.2, -0.15) is 0 Å². The molecule has 5 nitrogen and oxygen atoms in total. The summed E-state index contributed by atoms with van der Waals surface area (Å²) >= 11 is 0.